The monoisotopic (exact) mass is 335 g/mol. The van der Waals surface area contributed by atoms with Gasteiger partial charge in [-0.1, -0.05) is 15.9 Å². The van der Waals surface area contributed by atoms with Crippen LogP contribution in [0.2, 0.25) is 0 Å². The summed E-state index contributed by atoms with van der Waals surface area (Å²) in [6, 6.07) is 11.8. The predicted octanol–water partition coefficient (Wildman–Crippen LogP) is 3.80. The minimum atomic E-state index is 0.290. The Labute approximate surface area is 125 Å². The van der Waals surface area contributed by atoms with E-state index in [0.717, 1.165) is 33.0 Å². The van der Waals surface area contributed by atoms with Gasteiger partial charge >= 0.3 is 0 Å². The van der Waals surface area contributed by atoms with Crippen LogP contribution < -0.4 is 19.5 Å². The lowest BCUT2D eigenvalue weighted by Gasteiger charge is -2.11. The van der Waals surface area contributed by atoms with Gasteiger partial charge in [-0.05, 0) is 30.3 Å². The first-order valence-electron chi connectivity index (χ1n) is 6.22. The minimum absolute atomic E-state index is 0.290. The molecule has 1 N–H and O–H groups in total. The number of nitrogens with one attached hydrogen (secondary N) is 1. The van der Waals surface area contributed by atoms with Gasteiger partial charge in [0.2, 0.25) is 6.79 Å². The van der Waals surface area contributed by atoms with Crippen molar-refractivity contribution >= 4 is 21.6 Å². The largest absolute Gasteiger partial charge is 0.496 e. The van der Waals surface area contributed by atoms with Crippen LogP contribution in [-0.2, 0) is 6.54 Å². The van der Waals surface area contributed by atoms with Crippen LogP contribution >= 0.6 is 15.9 Å². The Bertz CT molecular complexity index is 631. The second kappa shape index (κ2) is 5.63. The molecule has 20 heavy (non-hydrogen) atoms. The molecule has 0 saturated carbocycles. The summed E-state index contributed by atoms with van der Waals surface area (Å²) in [4.78, 5) is 0. The van der Waals surface area contributed by atoms with Gasteiger partial charge in [-0.25, -0.2) is 0 Å². The molecule has 5 heteroatoms. The summed E-state index contributed by atoms with van der Waals surface area (Å²) in [5.74, 6) is 2.42. The van der Waals surface area contributed by atoms with Gasteiger partial charge in [-0.3, -0.25) is 0 Å². The molecular formula is C15H14BrNO3. The topological polar surface area (TPSA) is 39.7 Å². The predicted molar refractivity (Wildman–Crippen MR) is 80.6 cm³/mol. The third kappa shape index (κ3) is 2.67. The molecule has 2 aromatic carbocycles. The zero-order chi connectivity index (χ0) is 13.9. The lowest BCUT2D eigenvalue weighted by Crippen LogP contribution is -2.01. The first-order chi connectivity index (χ1) is 9.76. The Hall–Kier alpha value is -1.88. The maximum atomic E-state index is 5.36. The van der Waals surface area contributed by atoms with E-state index in [2.05, 4.69) is 21.2 Å². The van der Waals surface area contributed by atoms with Crippen LogP contribution in [0.5, 0.6) is 17.2 Å². The van der Waals surface area contributed by atoms with Gasteiger partial charge in [0.25, 0.3) is 0 Å². The fraction of sp³-hybridized carbons (Fsp3) is 0.200. The van der Waals surface area contributed by atoms with Gasteiger partial charge in [0, 0.05) is 28.3 Å². The first kappa shape index (κ1) is 13.1. The van der Waals surface area contributed by atoms with E-state index in [-0.39, 0.29) is 6.79 Å². The summed E-state index contributed by atoms with van der Waals surface area (Å²) in [5, 5.41) is 3.36. The summed E-state index contributed by atoms with van der Waals surface area (Å²) >= 11 is 3.47. The number of benzene rings is 2. The maximum absolute atomic E-state index is 5.36. The van der Waals surface area contributed by atoms with Crippen LogP contribution in [0.1, 0.15) is 5.56 Å². The smallest absolute Gasteiger partial charge is 0.231 e. The molecule has 0 unspecified atom stereocenters. The molecular weight excluding hydrogens is 322 g/mol. The highest BCUT2D eigenvalue weighted by Crippen LogP contribution is 2.34. The SMILES string of the molecule is COc1ccc(Br)cc1CNc1ccc2c(c1)OCO2. The van der Waals surface area contributed by atoms with E-state index in [1.807, 2.05) is 36.4 Å². The molecule has 0 aromatic heterocycles. The number of hydrogen-bond acceptors (Lipinski definition) is 4. The fourth-order valence-electron chi connectivity index (χ4n) is 2.09. The van der Waals surface area contributed by atoms with Crippen LogP contribution in [0, 0.1) is 0 Å². The summed E-state index contributed by atoms with van der Waals surface area (Å²) in [5.41, 5.74) is 2.07. The second-order valence-corrected chi connectivity index (χ2v) is 5.29. The Kier molecular flexibility index (Phi) is 3.69. The van der Waals surface area contributed by atoms with E-state index < -0.39 is 0 Å². The molecule has 4 nitrogen and oxygen atoms in total. The van der Waals surface area contributed by atoms with Gasteiger partial charge in [0.15, 0.2) is 11.5 Å². The molecule has 104 valence electrons. The van der Waals surface area contributed by atoms with Gasteiger partial charge < -0.3 is 19.5 Å². The zero-order valence-electron chi connectivity index (χ0n) is 11.0. The van der Waals surface area contributed by atoms with Crippen LogP contribution in [0.4, 0.5) is 5.69 Å². The maximum Gasteiger partial charge on any atom is 0.231 e. The van der Waals surface area contributed by atoms with Crippen molar-refractivity contribution < 1.29 is 14.2 Å². The van der Waals surface area contributed by atoms with Crippen molar-refractivity contribution in [2.45, 2.75) is 6.54 Å². The molecule has 0 spiro atoms. The van der Waals surface area contributed by atoms with E-state index in [0.29, 0.717) is 6.54 Å². The lowest BCUT2D eigenvalue weighted by atomic mass is 10.2. The summed E-state index contributed by atoms with van der Waals surface area (Å²) < 4.78 is 17.0. The highest BCUT2D eigenvalue weighted by atomic mass is 79.9. The average molecular weight is 336 g/mol. The molecule has 0 amide bonds. The molecule has 0 atom stereocenters. The van der Waals surface area contributed by atoms with Crippen molar-refractivity contribution in [1.29, 1.82) is 0 Å². The summed E-state index contributed by atoms with van der Waals surface area (Å²) in [6.07, 6.45) is 0. The molecule has 1 heterocycles. The fourth-order valence-corrected chi connectivity index (χ4v) is 2.50. The Morgan fingerprint density at radius 1 is 1.15 bits per heavy atom. The van der Waals surface area contributed by atoms with Crippen molar-refractivity contribution in [3.05, 3.63) is 46.4 Å². The second-order valence-electron chi connectivity index (χ2n) is 4.38. The molecule has 0 fully saturated rings. The van der Waals surface area contributed by atoms with E-state index in [4.69, 9.17) is 14.2 Å². The number of fused-ring (bicyclic) bond motifs is 1. The molecule has 3 rings (SSSR count). The van der Waals surface area contributed by atoms with Crippen LogP contribution in [-0.4, -0.2) is 13.9 Å². The van der Waals surface area contributed by atoms with E-state index in [1.165, 1.54) is 0 Å². The third-order valence-corrected chi connectivity index (χ3v) is 3.59. The number of hydrogen-bond donors (Lipinski definition) is 1. The number of anilines is 1. The highest BCUT2D eigenvalue weighted by Gasteiger charge is 2.13. The summed E-state index contributed by atoms with van der Waals surface area (Å²) in [7, 11) is 1.67. The van der Waals surface area contributed by atoms with Crippen molar-refractivity contribution in [2.24, 2.45) is 0 Å². The van der Waals surface area contributed by atoms with E-state index in [9.17, 15) is 0 Å². The lowest BCUT2D eigenvalue weighted by molar-refractivity contribution is 0.174. The molecule has 1 aliphatic heterocycles. The van der Waals surface area contributed by atoms with Crippen molar-refractivity contribution in [1.82, 2.24) is 0 Å². The van der Waals surface area contributed by atoms with Gasteiger partial charge in [0.1, 0.15) is 5.75 Å². The number of methoxy groups -OCH3 is 1. The quantitative estimate of drug-likeness (QED) is 0.922. The van der Waals surface area contributed by atoms with E-state index >= 15 is 0 Å². The van der Waals surface area contributed by atoms with Crippen molar-refractivity contribution in [2.75, 3.05) is 19.2 Å². The highest BCUT2D eigenvalue weighted by molar-refractivity contribution is 9.10. The van der Waals surface area contributed by atoms with Gasteiger partial charge in [-0.2, -0.15) is 0 Å². The molecule has 2 aromatic rings. The van der Waals surface area contributed by atoms with E-state index in [1.54, 1.807) is 7.11 Å². The summed E-state index contributed by atoms with van der Waals surface area (Å²) in [6.45, 7) is 0.959. The van der Waals surface area contributed by atoms with Crippen LogP contribution in [0.25, 0.3) is 0 Å². The van der Waals surface area contributed by atoms with Gasteiger partial charge in [0.05, 0.1) is 7.11 Å². The first-order valence-corrected chi connectivity index (χ1v) is 7.01. The van der Waals surface area contributed by atoms with Gasteiger partial charge in [-0.15, -0.1) is 0 Å². The van der Waals surface area contributed by atoms with Crippen LogP contribution in [0.3, 0.4) is 0 Å². The number of rotatable bonds is 4. The minimum Gasteiger partial charge on any atom is -0.496 e. The Morgan fingerprint density at radius 3 is 2.85 bits per heavy atom. The Balaban J connectivity index is 1.75. The molecule has 0 saturated heterocycles. The Morgan fingerprint density at radius 2 is 2.00 bits per heavy atom. The standard InChI is InChI=1S/C15H14BrNO3/c1-18-13-4-2-11(16)6-10(13)8-17-12-3-5-14-15(7-12)20-9-19-14/h2-7,17H,8-9H2,1H3. The number of halogens is 1. The molecule has 0 bridgehead atoms. The molecule has 0 aliphatic carbocycles. The molecule has 0 radical (unpaired) electrons. The zero-order valence-corrected chi connectivity index (χ0v) is 12.6. The average Bonchev–Trinajstić information content (AvgIpc) is 2.92. The third-order valence-electron chi connectivity index (χ3n) is 3.10. The normalized spacial score (nSPS) is 12.3. The van der Waals surface area contributed by atoms with Crippen molar-refractivity contribution in [3.63, 3.8) is 0 Å². The molecule has 1 aliphatic rings. The number of ether oxygens (including phenoxy) is 3. The van der Waals surface area contributed by atoms with Crippen molar-refractivity contribution in [3.8, 4) is 17.2 Å². The van der Waals surface area contributed by atoms with Crippen LogP contribution in [0.15, 0.2) is 40.9 Å².